The quantitative estimate of drug-likeness (QED) is 0.586. The lowest BCUT2D eigenvalue weighted by Crippen LogP contribution is -2.29. The van der Waals surface area contributed by atoms with E-state index in [0.29, 0.717) is 12.0 Å². The number of nitrogens with zero attached hydrogens (tertiary/aromatic N) is 2. The normalized spacial score (nSPS) is 14.7. The highest BCUT2D eigenvalue weighted by atomic mass is 16.6. The van der Waals surface area contributed by atoms with Crippen LogP contribution in [0.25, 0.3) is 0 Å². The molecule has 5 nitrogen and oxygen atoms in total. The van der Waals surface area contributed by atoms with Gasteiger partial charge >= 0.3 is 0 Å². The summed E-state index contributed by atoms with van der Waals surface area (Å²) in [7, 11) is 0. The Morgan fingerprint density at radius 1 is 1.43 bits per heavy atom. The SMILES string of the molecule is CCNc1ccc([N+](=O)[O-])cc1CN(CC(C)C)C1CC1. The van der Waals surface area contributed by atoms with E-state index in [9.17, 15) is 10.1 Å². The number of nitro groups is 1. The third-order valence-electron chi connectivity index (χ3n) is 3.70. The highest BCUT2D eigenvalue weighted by Crippen LogP contribution is 2.31. The third-order valence-corrected chi connectivity index (χ3v) is 3.70. The zero-order valence-electron chi connectivity index (χ0n) is 13.1. The largest absolute Gasteiger partial charge is 0.385 e. The number of rotatable bonds is 8. The van der Waals surface area contributed by atoms with Crippen molar-refractivity contribution in [3.05, 3.63) is 33.9 Å². The number of non-ortho nitro benzene ring substituents is 1. The van der Waals surface area contributed by atoms with Crippen LogP contribution in [0, 0.1) is 16.0 Å². The van der Waals surface area contributed by atoms with Crippen LogP contribution in [0.5, 0.6) is 0 Å². The van der Waals surface area contributed by atoms with Crippen molar-refractivity contribution < 1.29 is 4.92 Å². The van der Waals surface area contributed by atoms with Crippen LogP contribution in [0.2, 0.25) is 0 Å². The van der Waals surface area contributed by atoms with Gasteiger partial charge in [0.25, 0.3) is 5.69 Å². The van der Waals surface area contributed by atoms with Gasteiger partial charge in [0.2, 0.25) is 0 Å². The van der Waals surface area contributed by atoms with E-state index in [1.165, 1.54) is 12.8 Å². The monoisotopic (exact) mass is 291 g/mol. The zero-order chi connectivity index (χ0) is 15.4. The van der Waals surface area contributed by atoms with Crippen LogP contribution in [0.1, 0.15) is 39.2 Å². The molecule has 2 rings (SSSR count). The number of nitro benzene ring substituents is 1. The predicted octanol–water partition coefficient (Wildman–Crippen LogP) is 3.65. The molecule has 1 N–H and O–H groups in total. The number of hydrogen-bond acceptors (Lipinski definition) is 4. The fraction of sp³-hybridized carbons (Fsp3) is 0.625. The van der Waals surface area contributed by atoms with Crippen LogP contribution < -0.4 is 5.32 Å². The first-order chi connectivity index (χ1) is 10.0. The number of benzene rings is 1. The highest BCUT2D eigenvalue weighted by molar-refractivity contribution is 5.56. The van der Waals surface area contributed by atoms with E-state index in [-0.39, 0.29) is 10.6 Å². The van der Waals surface area contributed by atoms with Gasteiger partial charge in [0.15, 0.2) is 0 Å². The van der Waals surface area contributed by atoms with E-state index in [1.54, 1.807) is 12.1 Å². The maximum absolute atomic E-state index is 11.0. The molecule has 1 aliphatic carbocycles. The molecule has 1 fully saturated rings. The molecule has 1 aromatic carbocycles. The summed E-state index contributed by atoms with van der Waals surface area (Å²) in [6.45, 7) is 9.12. The lowest BCUT2D eigenvalue weighted by molar-refractivity contribution is -0.384. The number of hydrogen-bond donors (Lipinski definition) is 1. The van der Waals surface area contributed by atoms with Crippen molar-refractivity contribution in [3.8, 4) is 0 Å². The standard InChI is InChI=1S/C16H25N3O2/c1-4-17-16-8-7-15(19(20)21)9-13(16)11-18(10-12(2)3)14-5-6-14/h7-9,12,14,17H,4-6,10-11H2,1-3H3. The van der Waals surface area contributed by atoms with Gasteiger partial charge in [-0.2, -0.15) is 0 Å². The summed E-state index contributed by atoms with van der Waals surface area (Å²) < 4.78 is 0. The molecule has 0 aromatic heterocycles. The van der Waals surface area contributed by atoms with Crippen LogP contribution in [0.4, 0.5) is 11.4 Å². The van der Waals surface area contributed by atoms with Gasteiger partial charge < -0.3 is 5.32 Å². The van der Waals surface area contributed by atoms with Gasteiger partial charge in [-0.05, 0) is 37.3 Å². The van der Waals surface area contributed by atoms with Crippen molar-refractivity contribution in [1.82, 2.24) is 4.90 Å². The molecular formula is C16H25N3O2. The Morgan fingerprint density at radius 2 is 2.14 bits per heavy atom. The van der Waals surface area contributed by atoms with E-state index < -0.39 is 0 Å². The minimum Gasteiger partial charge on any atom is -0.385 e. The molecule has 0 heterocycles. The molecule has 116 valence electrons. The average molecular weight is 291 g/mol. The Morgan fingerprint density at radius 3 is 2.67 bits per heavy atom. The van der Waals surface area contributed by atoms with E-state index in [1.807, 2.05) is 13.0 Å². The smallest absolute Gasteiger partial charge is 0.269 e. The Kier molecular flexibility index (Phi) is 5.17. The average Bonchev–Trinajstić information content (AvgIpc) is 3.23. The molecule has 0 atom stereocenters. The third kappa shape index (κ3) is 4.43. The van der Waals surface area contributed by atoms with Crippen LogP contribution in [0.3, 0.4) is 0 Å². The molecule has 0 spiro atoms. The van der Waals surface area contributed by atoms with Crippen LogP contribution >= 0.6 is 0 Å². The number of nitrogens with one attached hydrogen (secondary N) is 1. The first kappa shape index (κ1) is 15.8. The Labute approximate surface area is 126 Å². The first-order valence-corrected chi connectivity index (χ1v) is 7.76. The molecular weight excluding hydrogens is 266 g/mol. The Balaban J connectivity index is 2.21. The second-order valence-corrected chi connectivity index (χ2v) is 6.18. The molecule has 0 bridgehead atoms. The molecule has 5 heteroatoms. The van der Waals surface area contributed by atoms with E-state index in [4.69, 9.17) is 0 Å². The highest BCUT2D eigenvalue weighted by Gasteiger charge is 2.30. The summed E-state index contributed by atoms with van der Waals surface area (Å²) in [6.07, 6.45) is 2.50. The van der Waals surface area contributed by atoms with E-state index in [0.717, 1.165) is 30.9 Å². The van der Waals surface area contributed by atoms with Gasteiger partial charge in [0.1, 0.15) is 0 Å². The molecule has 0 saturated heterocycles. The molecule has 21 heavy (non-hydrogen) atoms. The fourth-order valence-electron chi connectivity index (χ4n) is 2.66. The van der Waals surface area contributed by atoms with Crippen LogP contribution in [0.15, 0.2) is 18.2 Å². The van der Waals surface area contributed by atoms with Crippen molar-refractivity contribution in [1.29, 1.82) is 0 Å². The van der Waals surface area contributed by atoms with Crippen LogP contribution in [-0.4, -0.2) is 29.0 Å². The first-order valence-electron chi connectivity index (χ1n) is 7.76. The minimum atomic E-state index is -0.316. The lowest BCUT2D eigenvalue weighted by atomic mass is 10.1. The summed E-state index contributed by atoms with van der Waals surface area (Å²) in [6, 6.07) is 5.78. The topological polar surface area (TPSA) is 58.4 Å². The summed E-state index contributed by atoms with van der Waals surface area (Å²) in [5.41, 5.74) is 2.21. The van der Waals surface area contributed by atoms with Crippen molar-refractivity contribution >= 4 is 11.4 Å². The maximum atomic E-state index is 11.0. The maximum Gasteiger partial charge on any atom is 0.269 e. The Hall–Kier alpha value is -1.62. The summed E-state index contributed by atoms with van der Waals surface area (Å²) in [5, 5.41) is 14.3. The molecule has 0 radical (unpaired) electrons. The summed E-state index contributed by atoms with van der Waals surface area (Å²) >= 11 is 0. The van der Waals surface area contributed by atoms with E-state index >= 15 is 0 Å². The predicted molar refractivity (Wildman–Crippen MR) is 85.5 cm³/mol. The molecule has 0 amide bonds. The lowest BCUT2D eigenvalue weighted by Gasteiger charge is -2.25. The molecule has 0 aliphatic heterocycles. The van der Waals surface area contributed by atoms with Gasteiger partial charge in [-0.1, -0.05) is 13.8 Å². The van der Waals surface area contributed by atoms with Crippen molar-refractivity contribution in [2.75, 3.05) is 18.4 Å². The van der Waals surface area contributed by atoms with Gasteiger partial charge in [0.05, 0.1) is 4.92 Å². The van der Waals surface area contributed by atoms with Gasteiger partial charge in [-0.25, -0.2) is 0 Å². The van der Waals surface area contributed by atoms with Crippen molar-refractivity contribution in [2.45, 2.75) is 46.2 Å². The van der Waals surface area contributed by atoms with Gasteiger partial charge in [0, 0.05) is 43.5 Å². The molecule has 1 aliphatic rings. The number of anilines is 1. The second-order valence-electron chi connectivity index (χ2n) is 6.18. The Bertz CT molecular complexity index is 498. The summed E-state index contributed by atoms with van der Waals surface area (Å²) in [5.74, 6) is 0.604. The van der Waals surface area contributed by atoms with Crippen molar-refractivity contribution in [3.63, 3.8) is 0 Å². The van der Waals surface area contributed by atoms with Crippen LogP contribution in [-0.2, 0) is 6.54 Å². The van der Waals surface area contributed by atoms with E-state index in [2.05, 4.69) is 24.1 Å². The minimum absolute atomic E-state index is 0.173. The van der Waals surface area contributed by atoms with Gasteiger partial charge in [-0.15, -0.1) is 0 Å². The molecule has 1 aromatic rings. The fourth-order valence-corrected chi connectivity index (χ4v) is 2.66. The molecule has 1 saturated carbocycles. The van der Waals surface area contributed by atoms with Crippen molar-refractivity contribution in [2.24, 2.45) is 5.92 Å². The second kappa shape index (κ2) is 6.89. The molecule has 0 unspecified atom stereocenters. The van der Waals surface area contributed by atoms with Gasteiger partial charge in [-0.3, -0.25) is 15.0 Å². The summed E-state index contributed by atoms with van der Waals surface area (Å²) in [4.78, 5) is 13.2. The zero-order valence-corrected chi connectivity index (χ0v) is 13.1.